The second kappa shape index (κ2) is 7.11. The van der Waals surface area contributed by atoms with E-state index in [1.807, 2.05) is 30.3 Å². The summed E-state index contributed by atoms with van der Waals surface area (Å²) in [7, 11) is 1.33. The first-order valence-electron chi connectivity index (χ1n) is 6.45. The van der Waals surface area contributed by atoms with Crippen molar-refractivity contribution < 1.29 is 14.6 Å². The van der Waals surface area contributed by atoms with Crippen molar-refractivity contribution in [3.63, 3.8) is 0 Å². The molecule has 2 aromatic carbocycles. The third-order valence-electron chi connectivity index (χ3n) is 3.07. The van der Waals surface area contributed by atoms with Gasteiger partial charge in [0.1, 0.15) is 12.6 Å². The van der Waals surface area contributed by atoms with Gasteiger partial charge in [-0.05, 0) is 23.8 Å². The maximum Gasteiger partial charge on any atom is 0.325 e. The number of carbonyl (C=O) groups excluding carboxylic acids is 1. The quantitative estimate of drug-likeness (QED) is 0.834. The first-order chi connectivity index (χ1) is 10.1. The molecule has 0 spiro atoms. The van der Waals surface area contributed by atoms with E-state index in [4.69, 9.17) is 11.6 Å². The van der Waals surface area contributed by atoms with Crippen LogP contribution in [0.5, 0.6) is 0 Å². The Morgan fingerprint density at radius 3 is 2.67 bits per heavy atom. The topological polar surface area (TPSA) is 58.6 Å². The summed E-state index contributed by atoms with van der Waals surface area (Å²) in [5.74, 6) is -0.384. The van der Waals surface area contributed by atoms with Gasteiger partial charge in [0.2, 0.25) is 0 Å². The number of carbonyl (C=O) groups is 1. The average molecular weight is 306 g/mol. The van der Waals surface area contributed by atoms with E-state index in [1.165, 1.54) is 7.11 Å². The predicted octanol–water partition coefficient (Wildman–Crippen LogP) is 3.01. The molecule has 0 saturated heterocycles. The summed E-state index contributed by atoms with van der Waals surface area (Å²) in [5, 5.41) is 14.0. The van der Waals surface area contributed by atoms with E-state index in [0.29, 0.717) is 16.3 Å². The van der Waals surface area contributed by atoms with Crippen LogP contribution in [0.15, 0.2) is 48.5 Å². The second-order valence-corrected chi connectivity index (χ2v) is 4.91. The number of hydrogen-bond donors (Lipinski definition) is 2. The number of esters is 1. The van der Waals surface area contributed by atoms with Gasteiger partial charge in [0.05, 0.1) is 7.11 Å². The number of aliphatic hydroxyl groups is 1. The number of hydrogen-bond acceptors (Lipinski definition) is 4. The summed E-state index contributed by atoms with van der Waals surface area (Å²) in [6, 6.07) is 14.3. The number of ether oxygens (including phenoxy) is 1. The van der Waals surface area contributed by atoms with Crippen molar-refractivity contribution in [1.29, 1.82) is 0 Å². The van der Waals surface area contributed by atoms with Gasteiger partial charge in [-0.15, -0.1) is 0 Å². The van der Waals surface area contributed by atoms with Gasteiger partial charge in [0.15, 0.2) is 0 Å². The van der Waals surface area contributed by atoms with E-state index >= 15 is 0 Å². The number of aliphatic hydroxyl groups excluding tert-OH is 1. The second-order valence-electron chi connectivity index (χ2n) is 4.47. The highest BCUT2D eigenvalue weighted by Gasteiger charge is 2.15. The van der Waals surface area contributed by atoms with Crippen molar-refractivity contribution in [1.82, 2.24) is 0 Å². The fraction of sp³-hybridized carbons (Fsp3) is 0.188. The Bertz CT molecular complexity index is 616. The lowest BCUT2D eigenvalue weighted by atomic mass is 10.00. The Kier molecular flexibility index (Phi) is 5.20. The predicted molar refractivity (Wildman–Crippen MR) is 82.5 cm³/mol. The lowest BCUT2D eigenvalue weighted by Crippen LogP contribution is -2.16. The van der Waals surface area contributed by atoms with Crippen molar-refractivity contribution in [2.24, 2.45) is 0 Å². The lowest BCUT2D eigenvalue weighted by Gasteiger charge is -2.17. The van der Waals surface area contributed by atoms with Crippen LogP contribution in [0, 0.1) is 0 Å². The van der Waals surface area contributed by atoms with Crippen LogP contribution in [-0.2, 0) is 9.53 Å². The van der Waals surface area contributed by atoms with Crippen LogP contribution in [0.1, 0.15) is 17.2 Å². The van der Waals surface area contributed by atoms with E-state index in [1.54, 1.807) is 18.2 Å². The average Bonchev–Trinajstić information content (AvgIpc) is 2.53. The fourth-order valence-electron chi connectivity index (χ4n) is 1.98. The Balaban J connectivity index is 2.28. The molecule has 2 aromatic rings. The summed E-state index contributed by atoms with van der Waals surface area (Å²) in [6.45, 7) is 0.0205. The first kappa shape index (κ1) is 15.4. The molecular weight excluding hydrogens is 290 g/mol. The maximum absolute atomic E-state index is 11.2. The first-order valence-corrected chi connectivity index (χ1v) is 6.82. The lowest BCUT2D eigenvalue weighted by molar-refractivity contribution is -0.138. The molecule has 0 heterocycles. The van der Waals surface area contributed by atoms with Crippen LogP contribution in [0.25, 0.3) is 0 Å². The molecule has 2 rings (SSSR count). The van der Waals surface area contributed by atoms with E-state index in [0.717, 1.165) is 5.56 Å². The minimum atomic E-state index is -0.829. The normalized spacial score (nSPS) is 11.8. The molecule has 1 unspecified atom stereocenters. The highest BCUT2D eigenvalue weighted by Crippen LogP contribution is 2.30. The van der Waals surface area contributed by atoms with Crippen LogP contribution < -0.4 is 5.32 Å². The van der Waals surface area contributed by atoms with Gasteiger partial charge in [0, 0.05) is 16.3 Å². The Morgan fingerprint density at radius 2 is 2.00 bits per heavy atom. The summed E-state index contributed by atoms with van der Waals surface area (Å²) in [4.78, 5) is 11.2. The minimum absolute atomic E-state index is 0.0205. The highest BCUT2D eigenvalue weighted by atomic mass is 35.5. The number of methoxy groups -OCH3 is 1. The van der Waals surface area contributed by atoms with Crippen LogP contribution in [-0.4, -0.2) is 24.7 Å². The number of benzene rings is 2. The van der Waals surface area contributed by atoms with Gasteiger partial charge in [-0.2, -0.15) is 0 Å². The molecule has 0 fully saturated rings. The van der Waals surface area contributed by atoms with Gasteiger partial charge < -0.3 is 15.2 Å². The summed E-state index contributed by atoms with van der Waals surface area (Å²) in [6.07, 6.45) is -0.829. The molecule has 0 saturated carbocycles. The molecule has 5 heteroatoms. The zero-order chi connectivity index (χ0) is 15.2. The molecule has 2 N–H and O–H groups in total. The highest BCUT2D eigenvalue weighted by molar-refractivity contribution is 6.30. The van der Waals surface area contributed by atoms with Gasteiger partial charge in [-0.1, -0.05) is 41.9 Å². The number of nitrogens with one attached hydrogen (secondary N) is 1. The Hall–Kier alpha value is -2.04. The molecule has 1 atom stereocenters. The molecule has 0 aromatic heterocycles. The molecular formula is C16H16ClNO3. The zero-order valence-electron chi connectivity index (χ0n) is 11.5. The molecule has 110 valence electrons. The van der Waals surface area contributed by atoms with E-state index in [-0.39, 0.29) is 12.5 Å². The van der Waals surface area contributed by atoms with Crippen molar-refractivity contribution in [2.45, 2.75) is 6.10 Å². The monoisotopic (exact) mass is 305 g/mol. The minimum Gasteiger partial charge on any atom is -0.468 e. The zero-order valence-corrected chi connectivity index (χ0v) is 12.3. The standard InChI is InChI=1S/C16H16ClNO3/c1-21-15(19)10-18-14-8-7-12(17)9-13(14)16(20)11-5-3-2-4-6-11/h2-9,16,18,20H,10H2,1H3. The molecule has 21 heavy (non-hydrogen) atoms. The van der Waals surface area contributed by atoms with Gasteiger partial charge in [0.25, 0.3) is 0 Å². The van der Waals surface area contributed by atoms with Crippen molar-refractivity contribution in [3.8, 4) is 0 Å². The number of rotatable bonds is 5. The van der Waals surface area contributed by atoms with Crippen molar-refractivity contribution >= 4 is 23.3 Å². The number of halogens is 1. The van der Waals surface area contributed by atoms with Crippen LogP contribution in [0.4, 0.5) is 5.69 Å². The van der Waals surface area contributed by atoms with Gasteiger partial charge >= 0.3 is 5.97 Å². The van der Waals surface area contributed by atoms with Crippen LogP contribution in [0.3, 0.4) is 0 Å². The van der Waals surface area contributed by atoms with E-state index < -0.39 is 6.10 Å². The molecule has 0 amide bonds. The van der Waals surface area contributed by atoms with E-state index in [2.05, 4.69) is 10.1 Å². The largest absolute Gasteiger partial charge is 0.468 e. The SMILES string of the molecule is COC(=O)CNc1ccc(Cl)cc1C(O)c1ccccc1. The molecule has 0 aliphatic heterocycles. The summed E-state index contributed by atoms with van der Waals surface area (Å²) >= 11 is 6.01. The van der Waals surface area contributed by atoms with E-state index in [9.17, 15) is 9.90 Å². The molecule has 0 bridgehead atoms. The van der Waals surface area contributed by atoms with Gasteiger partial charge in [-0.25, -0.2) is 0 Å². The maximum atomic E-state index is 11.2. The smallest absolute Gasteiger partial charge is 0.325 e. The third-order valence-corrected chi connectivity index (χ3v) is 3.31. The molecule has 0 radical (unpaired) electrons. The molecule has 4 nitrogen and oxygen atoms in total. The van der Waals surface area contributed by atoms with Crippen molar-refractivity contribution in [3.05, 3.63) is 64.7 Å². The summed E-state index contributed by atoms with van der Waals surface area (Å²) < 4.78 is 4.59. The fourth-order valence-corrected chi connectivity index (χ4v) is 2.16. The van der Waals surface area contributed by atoms with Crippen molar-refractivity contribution in [2.75, 3.05) is 19.0 Å². The summed E-state index contributed by atoms with van der Waals surface area (Å²) in [5.41, 5.74) is 2.00. The molecule has 0 aliphatic carbocycles. The third kappa shape index (κ3) is 3.97. The molecule has 0 aliphatic rings. The Labute approximate surface area is 128 Å². The Morgan fingerprint density at radius 1 is 1.29 bits per heavy atom. The van der Waals surface area contributed by atoms with Crippen LogP contribution in [0.2, 0.25) is 5.02 Å². The van der Waals surface area contributed by atoms with Crippen LogP contribution >= 0.6 is 11.6 Å². The van der Waals surface area contributed by atoms with Gasteiger partial charge in [-0.3, -0.25) is 4.79 Å². The number of anilines is 1.